The first-order valence-electron chi connectivity index (χ1n) is 7.91. The number of methoxy groups -OCH3 is 1. The van der Waals surface area contributed by atoms with Gasteiger partial charge in [0.25, 0.3) is 0 Å². The number of carbonyl (C=O) groups excluding carboxylic acids is 1. The maximum atomic E-state index is 12.1. The largest absolute Gasteiger partial charge is 0.465 e. The van der Waals surface area contributed by atoms with Crippen LogP contribution in [-0.4, -0.2) is 67.8 Å². The Hall–Kier alpha value is -1.37. The number of aryl methyl sites for hydroxylation is 1. The molecular formula is C16H24N2O4. The Morgan fingerprint density at radius 1 is 1.32 bits per heavy atom. The van der Waals surface area contributed by atoms with Gasteiger partial charge in [-0.15, -0.1) is 0 Å². The molecule has 2 atom stereocenters. The van der Waals surface area contributed by atoms with Gasteiger partial charge in [0.05, 0.1) is 25.3 Å². The van der Waals surface area contributed by atoms with Crippen LogP contribution >= 0.6 is 0 Å². The molecule has 6 nitrogen and oxygen atoms in total. The summed E-state index contributed by atoms with van der Waals surface area (Å²) in [6, 6.07) is 4.19. The molecule has 3 heterocycles. The molecule has 22 heavy (non-hydrogen) atoms. The summed E-state index contributed by atoms with van der Waals surface area (Å²) in [6.07, 6.45) is 1.00. The van der Waals surface area contributed by atoms with E-state index < -0.39 is 0 Å². The molecule has 0 saturated carbocycles. The lowest BCUT2D eigenvalue weighted by molar-refractivity contribution is -0.153. The zero-order chi connectivity index (χ0) is 15.5. The summed E-state index contributed by atoms with van der Waals surface area (Å²) in [6.45, 7) is 5.88. The summed E-state index contributed by atoms with van der Waals surface area (Å²) in [5.74, 6) is 2.05. The van der Waals surface area contributed by atoms with Crippen LogP contribution in [0.4, 0.5) is 0 Å². The van der Waals surface area contributed by atoms with Gasteiger partial charge in [-0.1, -0.05) is 6.92 Å². The van der Waals surface area contributed by atoms with Crippen molar-refractivity contribution >= 4 is 5.91 Å². The molecule has 0 spiro atoms. The summed E-state index contributed by atoms with van der Waals surface area (Å²) in [4.78, 5) is 16.3. The van der Waals surface area contributed by atoms with E-state index in [1.54, 1.807) is 7.11 Å². The van der Waals surface area contributed by atoms with Crippen molar-refractivity contribution in [3.8, 4) is 0 Å². The highest BCUT2D eigenvalue weighted by molar-refractivity contribution is 5.78. The Labute approximate surface area is 131 Å². The maximum Gasteiger partial charge on any atom is 0.249 e. The molecule has 0 radical (unpaired) electrons. The van der Waals surface area contributed by atoms with Crippen LogP contribution in [0.15, 0.2) is 16.5 Å². The van der Waals surface area contributed by atoms with Crippen LogP contribution in [-0.2, 0) is 27.2 Å². The summed E-state index contributed by atoms with van der Waals surface area (Å²) in [5.41, 5.74) is 0. The SMILES string of the molecule is CCc1ccc(CN2C[C@@H]3[C@@H](C2)OCC(=O)N3CCOC)o1. The molecule has 1 amide bonds. The standard InChI is InChI=1S/C16H24N2O4/c1-3-12-4-5-13(22-12)8-17-9-14-15(10-17)21-11-16(19)18(14)6-7-20-2/h4-5,14-15H,3,6-11H2,1-2H3/t14-,15-/m1/s1. The number of morpholine rings is 1. The van der Waals surface area contributed by atoms with Gasteiger partial charge in [0, 0.05) is 33.2 Å². The number of likely N-dealkylation sites (tertiary alicyclic amines) is 1. The highest BCUT2D eigenvalue weighted by atomic mass is 16.5. The lowest BCUT2D eigenvalue weighted by Crippen LogP contribution is -2.54. The van der Waals surface area contributed by atoms with Gasteiger partial charge < -0.3 is 18.8 Å². The number of fused-ring (bicyclic) bond motifs is 1. The quantitative estimate of drug-likeness (QED) is 0.781. The van der Waals surface area contributed by atoms with Crippen LogP contribution < -0.4 is 0 Å². The monoisotopic (exact) mass is 308 g/mol. The number of nitrogens with zero attached hydrogens (tertiary/aromatic N) is 2. The molecule has 2 fully saturated rings. The van der Waals surface area contributed by atoms with E-state index in [2.05, 4.69) is 11.8 Å². The Balaban J connectivity index is 1.62. The third-order valence-electron chi connectivity index (χ3n) is 4.44. The smallest absolute Gasteiger partial charge is 0.249 e. The maximum absolute atomic E-state index is 12.1. The first-order valence-corrected chi connectivity index (χ1v) is 7.91. The average molecular weight is 308 g/mol. The van der Waals surface area contributed by atoms with Crippen LogP contribution in [0.1, 0.15) is 18.4 Å². The average Bonchev–Trinajstić information content (AvgIpc) is 3.13. The highest BCUT2D eigenvalue weighted by Gasteiger charge is 2.42. The van der Waals surface area contributed by atoms with Crippen molar-refractivity contribution in [2.45, 2.75) is 32.0 Å². The van der Waals surface area contributed by atoms with Crippen LogP contribution in [0.3, 0.4) is 0 Å². The molecule has 0 aliphatic carbocycles. The molecule has 0 bridgehead atoms. The van der Waals surface area contributed by atoms with Crippen LogP contribution in [0.2, 0.25) is 0 Å². The van der Waals surface area contributed by atoms with E-state index >= 15 is 0 Å². The van der Waals surface area contributed by atoms with E-state index in [9.17, 15) is 4.79 Å². The zero-order valence-corrected chi connectivity index (χ0v) is 13.3. The Morgan fingerprint density at radius 2 is 2.14 bits per heavy atom. The molecule has 1 aromatic heterocycles. The minimum Gasteiger partial charge on any atom is -0.465 e. The number of carbonyl (C=O) groups is 1. The van der Waals surface area contributed by atoms with Crippen molar-refractivity contribution in [1.29, 1.82) is 0 Å². The van der Waals surface area contributed by atoms with E-state index in [0.717, 1.165) is 37.6 Å². The fourth-order valence-electron chi connectivity index (χ4n) is 3.27. The fourth-order valence-corrected chi connectivity index (χ4v) is 3.27. The molecule has 6 heteroatoms. The van der Waals surface area contributed by atoms with Gasteiger partial charge in [-0.2, -0.15) is 0 Å². The predicted molar refractivity (Wildman–Crippen MR) is 80.5 cm³/mol. The summed E-state index contributed by atoms with van der Waals surface area (Å²) < 4.78 is 16.6. The lowest BCUT2D eigenvalue weighted by Gasteiger charge is -2.36. The van der Waals surface area contributed by atoms with Crippen molar-refractivity contribution in [2.24, 2.45) is 0 Å². The van der Waals surface area contributed by atoms with Crippen LogP contribution in [0.5, 0.6) is 0 Å². The van der Waals surface area contributed by atoms with E-state index in [1.165, 1.54) is 0 Å². The second-order valence-corrected chi connectivity index (χ2v) is 5.91. The van der Waals surface area contributed by atoms with Gasteiger partial charge in [-0.25, -0.2) is 0 Å². The van der Waals surface area contributed by atoms with Crippen molar-refractivity contribution in [3.63, 3.8) is 0 Å². The predicted octanol–water partition coefficient (Wildman–Crippen LogP) is 0.900. The topological polar surface area (TPSA) is 55.2 Å². The molecule has 122 valence electrons. The van der Waals surface area contributed by atoms with Gasteiger partial charge in [0.15, 0.2) is 0 Å². The Kier molecular flexibility index (Phi) is 4.81. The second kappa shape index (κ2) is 6.81. The summed E-state index contributed by atoms with van der Waals surface area (Å²) in [7, 11) is 1.66. The van der Waals surface area contributed by atoms with Crippen molar-refractivity contribution in [3.05, 3.63) is 23.7 Å². The third-order valence-corrected chi connectivity index (χ3v) is 4.44. The van der Waals surface area contributed by atoms with Gasteiger partial charge in [-0.05, 0) is 12.1 Å². The first-order chi connectivity index (χ1) is 10.7. The molecule has 2 aliphatic rings. The van der Waals surface area contributed by atoms with Crippen LogP contribution in [0.25, 0.3) is 0 Å². The second-order valence-electron chi connectivity index (χ2n) is 5.91. The first kappa shape index (κ1) is 15.5. The molecule has 2 aliphatic heterocycles. The highest BCUT2D eigenvalue weighted by Crippen LogP contribution is 2.25. The van der Waals surface area contributed by atoms with Gasteiger partial charge in [0.1, 0.15) is 18.1 Å². The van der Waals surface area contributed by atoms with Gasteiger partial charge >= 0.3 is 0 Å². The number of hydrogen-bond acceptors (Lipinski definition) is 5. The number of furan rings is 1. The van der Waals surface area contributed by atoms with Crippen molar-refractivity contribution in [1.82, 2.24) is 9.80 Å². The van der Waals surface area contributed by atoms with Gasteiger partial charge in [-0.3, -0.25) is 9.69 Å². The minimum absolute atomic E-state index is 0.0615. The fraction of sp³-hybridized carbons (Fsp3) is 0.688. The number of rotatable bonds is 6. The molecule has 0 aromatic carbocycles. The van der Waals surface area contributed by atoms with E-state index in [4.69, 9.17) is 13.9 Å². The minimum atomic E-state index is 0.0615. The Bertz CT molecular complexity index is 516. The molecule has 0 N–H and O–H groups in total. The van der Waals surface area contributed by atoms with E-state index in [1.807, 2.05) is 17.0 Å². The van der Waals surface area contributed by atoms with Crippen LogP contribution in [0, 0.1) is 0 Å². The summed E-state index contributed by atoms with van der Waals surface area (Å²) >= 11 is 0. The number of hydrogen-bond donors (Lipinski definition) is 0. The van der Waals surface area contributed by atoms with E-state index in [-0.39, 0.29) is 24.7 Å². The molecule has 3 rings (SSSR count). The molecule has 0 unspecified atom stereocenters. The third kappa shape index (κ3) is 3.19. The summed E-state index contributed by atoms with van der Waals surface area (Å²) in [5, 5.41) is 0. The molecule has 1 aromatic rings. The van der Waals surface area contributed by atoms with Gasteiger partial charge in [0.2, 0.25) is 5.91 Å². The number of ether oxygens (including phenoxy) is 2. The van der Waals surface area contributed by atoms with E-state index in [0.29, 0.717) is 13.2 Å². The Morgan fingerprint density at radius 3 is 2.86 bits per heavy atom. The normalized spacial score (nSPS) is 25.7. The number of amides is 1. The lowest BCUT2D eigenvalue weighted by atomic mass is 10.1. The van der Waals surface area contributed by atoms with Crippen molar-refractivity contribution < 1.29 is 18.7 Å². The van der Waals surface area contributed by atoms with Crippen molar-refractivity contribution in [2.75, 3.05) is 40.0 Å². The molecule has 2 saturated heterocycles. The molecular weight excluding hydrogens is 284 g/mol. The zero-order valence-electron chi connectivity index (χ0n) is 13.3.